The van der Waals surface area contributed by atoms with Crippen LogP contribution in [0.25, 0.3) is 0 Å². The highest BCUT2D eigenvalue weighted by Gasteiger charge is 1.95. The number of rotatable bonds is 24. The second-order valence-electron chi connectivity index (χ2n) is 8.47. The van der Waals surface area contributed by atoms with E-state index in [-0.39, 0.29) is 0 Å². The Bertz CT molecular complexity index is 220. The molecule has 27 heavy (non-hydrogen) atoms. The zero-order chi connectivity index (χ0) is 19.7. The summed E-state index contributed by atoms with van der Waals surface area (Å²) in [6, 6.07) is 0. The predicted molar refractivity (Wildman–Crippen MR) is 123 cm³/mol. The van der Waals surface area contributed by atoms with Gasteiger partial charge in [0.25, 0.3) is 0 Å². The minimum Gasteiger partial charge on any atom is -0.381 e. The van der Waals surface area contributed by atoms with E-state index in [1.165, 1.54) is 135 Å². The van der Waals surface area contributed by atoms with Gasteiger partial charge in [0.1, 0.15) is 0 Å². The maximum atomic E-state index is 5.66. The molecule has 0 rings (SSSR count). The molecule has 0 amide bonds. The second kappa shape index (κ2) is 25.9. The zero-order valence-electron chi connectivity index (χ0n) is 19.0. The van der Waals surface area contributed by atoms with E-state index in [9.17, 15) is 0 Å². The Kier molecular flexibility index (Phi) is 25.8. The number of unbranched alkanes of at least 4 members (excludes halogenated alkanes) is 19. The van der Waals surface area contributed by atoms with Crippen LogP contribution in [0.2, 0.25) is 0 Å². The van der Waals surface area contributed by atoms with Crippen LogP contribution in [-0.4, -0.2) is 19.8 Å². The van der Waals surface area contributed by atoms with Crippen molar-refractivity contribution in [2.75, 3.05) is 19.8 Å². The van der Waals surface area contributed by atoms with E-state index in [4.69, 9.17) is 10.5 Å². The first-order valence-electron chi connectivity index (χ1n) is 12.7. The van der Waals surface area contributed by atoms with E-state index in [0.29, 0.717) is 0 Å². The van der Waals surface area contributed by atoms with Crippen molar-refractivity contribution in [2.45, 2.75) is 142 Å². The lowest BCUT2D eigenvalue weighted by atomic mass is 10.0. The van der Waals surface area contributed by atoms with Gasteiger partial charge in [0, 0.05) is 13.2 Å². The molecular weight excluding hydrogens is 330 g/mol. The minimum atomic E-state index is 0.870. The SMILES string of the molecule is CCCCCOCCCCCCCCCCCCCCCCCCCCN. The van der Waals surface area contributed by atoms with Gasteiger partial charge in [-0.2, -0.15) is 0 Å². The highest BCUT2D eigenvalue weighted by Crippen LogP contribution is 2.14. The Labute approximate surface area is 172 Å². The lowest BCUT2D eigenvalue weighted by Gasteiger charge is -2.05. The summed E-state index contributed by atoms with van der Waals surface area (Å²) in [6.45, 7) is 5.07. The van der Waals surface area contributed by atoms with Crippen LogP contribution < -0.4 is 5.73 Å². The molecule has 0 unspecified atom stereocenters. The van der Waals surface area contributed by atoms with Crippen molar-refractivity contribution in [2.24, 2.45) is 5.73 Å². The van der Waals surface area contributed by atoms with Crippen molar-refractivity contribution in [3.05, 3.63) is 0 Å². The van der Waals surface area contributed by atoms with Gasteiger partial charge >= 0.3 is 0 Å². The fraction of sp³-hybridized carbons (Fsp3) is 1.00. The topological polar surface area (TPSA) is 35.2 Å². The molecule has 0 aromatic carbocycles. The van der Waals surface area contributed by atoms with E-state index in [2.05, 4.69) is 6.92 Å². The third-order valence-electron chi connectivity index (χ3n) is 5.64. The van der Waals surface area contributed by atoms with E-state index >= 15 is 0 Å². The molecule has 0 saturated heterocycles. The molecule has 0 saturated carbocycles. The molecule has 0 fully saturated rings. The van der Waals surface area contributed by atoms with Gasteiger partial charge in [-0.1, -0.05) is 122 Å². The molecule has 0 aliphatic heterocycles. The first kappa shape index (κ1) is 26.9. The van der Waals surface area contributed by atoms with E-state index < -0.39 is 0 Å². The normalized spacial score (nSPS) is 11.3. The van der Waals surface area contributed by atoms with E-state index in [1.54, 1.807) is 0 Å². The van der Waals surface area contributed by atoms with Gasteiger partial charge in [0.15, 0.2) is 0 Å². The monoisotopic (exact) mass is 383 g/mol. The molecule has 164 valence electrons. The van der Waals surface area contributed by atoms with Crippen molar-refractivity contribution in [3.63, 3.8) is 0 Å². The van der Waals surface area contributed by atoms with Crippen molar-refractivity contribution in [3.8, 4) is 0 Å². The van der Waals surface area contributed by atoms with Gasteiger partial charge in [-0.15, -0.1) is 0 Å². The maximum absolute atomic E-state index is 5.66. The Morgan fingerprint density at radius 1 is 0.407 bits per heavy atom. The highest BCUT2D eigenvalue weighted by atomic mass is 16.5. The van der Waals surface area contributed by atoms with E-state index in [0.717, 1.165) is 19.8 Å². The van der Waals surface area contributed by atoms with Crippen LogP contribution in [0.3, 0.4) is 0 Å². The van der Waals surface area contributed by atoms with Crippen LogP contribution in [0.15, 0.2) is 0 Å². The molecule has 0 aliphatic rings. The molecule has 0 radical (unpaired) electrons. The van der Waals surface area contributed by atoms with Gasteiger partial charge in [-0.05, 0) is 25.8 Å². The van der Waals surface area contributed by atoms with Gasteiger partial charge < -0.3 is 10.5 Å². The Hall–Kier alpha value is -0.0800. The molecule has 0 aromatic heterocycles. The summed E-state index contributed by atoms with van der Waals surface area (Å²) in [5, 5.41) is 0. The van der Waals surface area contributed by atoms with Gasteiger partial charge in [-0.25, -0.2) is 0 Å². The summed E-state index contributed by atoms with van der Waals surface area (Å²) < 4.78 is 5.66. The predicted octanol–water partition coefficient (Wildman–Crippen LogP) is 8.17. The Balaban J connectivity index is 2.95. The van der Waals surface area contributed by atoms with Gasteiger partial charge in [-0.3, -0.25) is 0 Å². The zero-order valence-corrected chi connectivity index (χ0v) is 19.0. The Morgan fingerprint density at radius 2 is 0.704 bits per heavy atom. The van der Waals surface area contributed by atoms with Crippen LogP contribution >= 0.6 is 0 Å². The second-order valence-corrected chi connectivity index (χ2v) is 8.47. The Morgan fingerprint density at radius 3 is 1.04 bits per heavy atom. The summed E-state index contributed by atoms with van der Waals surface area (Å²) in [4.78, 5) is 0. The number of hydrogen-bond donors (Lipinski definition) is 1. The quantitative estimate of drug-likeness (QED) is 0.171. The lowest BCUT2D eigenvalue weighted by molar-refractivity contribution is 0.126. The molecular formula is C25H53NO. The smallest absolute Gasteiger partial charge is 0.0466 e. The fourth-order valence-electron chi connectivity index (χ4n) is 3.73. The molecule has 0 heterocycles. The van der Waals surface area contributed by atoms with Gasteiger partial charge in [0.05, 0.1) is 0 Å². The highest BCUT2D eigenvalue weighted by molar-refractivity contribution is 4.51. The van der Waals surface area contributed by atoms with Crippen LogP contribution in [-0.2, 0) is 4.74 Å². The van der Waals surface area contributed by atoms with E-state index in [1.807, 2.05) is 0 Å². The number of ether oxygens (including phenoxy) is 1. The fourth-order valence-corrected chi connectivity index (χ4v) is 3.73. The van der Waals surface area contributed by atoms with Crippen LogP contribution in [0.1, 0.15) is 142 Å². The molecule has 0 aliphatic carbocycles. The summed E-state index contributed by atoms with van der Waals surface area (Å²) in [7, 11) is 0. The van der Waals surface area contributed by atoms with Crippen molar-refractivity contribution in [1.82, 2.24) is 0 Å². The molecule has 0 bridgehead atoms. The average Bonchev–Trinajstić information content (AvgIpc) is 2.68. The standard InChI is InChI=1S/C25H53NO/c1-2-3-21-24-27-25-22-19-17-15-13-11-9-7-5-4-6-8-10-12-14-16-18-20-23-26/h2-26H2,1H3. The maximum Gasteiger partial charge on any atom is 0.0466 e. The molecule has 2 heteroatoms. The summed E-state index contributed by atoms with van der Waals surface area (Å²) in [5.41, 5.74) is 5.52. The van der Waals surface area contributed by atoms with Crippen molar-refractivity contribution < 1.29 is 4.74 Å². The number of hydrogen-bond acceptors (Lipinski definition) is 2. The third kappa shape index (κ3) is 25.9. The molecule has 2 N–H and O–H groups in total. The molecule has 2 nitrogen and oxygen atoms in total. The minimum absolute atomic E-state index is 0.870. The van der Waals surface area contributed by atoms with Crippen molar-refractivity contribution >= 4 is 0 Å². The summed E-state index contributed by atoms with van der Waals surface area (Å²) >= 11 is 0. The molecule has 0 atom stereocenters. The van der Waals surface area contributed by atoms with Crippen LogP contribution in [0, 0.1) is 0 Å². The average molecular weight is 384 g/mol. The van der Waals surface area contributed by atoms with Gasteiger partial charge in [0.2, 0.25) is 0 Å². The largest absolute Gasteiger partial charge is 0.381 e. The van der Waals surface area contributed by atoms with Crippen LogP contribution in [0.4, 0.5) is 0 Å². The summed E-state index contributed by atoms with van der Waals surface area (Å²) in [6.07, 6.45) is 29.2. The first-order valence-corrected chi connectivity index (χ1v) is 12.7. The van der Waals surface area contributed by atoms with Crippen LogP contribution in [0.5, 0.6) is 0 Å². The summed E-state index contributed by atoms with van der Waals surface area (Å²) in [5.74, 6) is 0. The van der Waals surface area contributed by atoms with Crippen molar-refractivity contribution in [1.29, 1.82) is 0 Å². The third-order valence-corrected chi connectivity index (χ3v) is 5.64. The number of nitrogens with two attached hydrogens (primary N) is 1. The first-order chi connectivity index (χ1) is 13.4. The lowest BCUT2D eigenvalue weighted by Crippen LogP contribution is -1.97. The molecule has 0 spiro atoms. The molecule has 0 aromatic rings.